The van der Waals surface area contributed by atoms with E-state index in [2.05, 4.69) is 10.9 Å². The van der Waals surface area contributed by atoms with Gasteiger partial charge in [0.15, 0.2) is 5.11 Å². The number of likely N-dealkylation sites (N-methyl/N-ethyl adjacent to an activating group) is 1. The maximum atomic E-state index is 13.8. The van der Waals surface area contributed by atoms with E-state index in [1.807, 2.05) is 0 Å². The van der Waals surface area contributed by atoms with Crippen molar-refractivity contribution < 1.29 is 13.6 Å². The number of hydrogen-bond donors (Lipinski definition) is 2. The molecule has 1 aromatic rings. The average molecular weight is 282 g/mol. The molecule has 1 unspecified atom stereocenters. The van der Waals surface area contributed by atoms with Gasteiger partial charge in [-0.25, -0.2) is 14.2 Å². The topological polar surface area (TPSA) is 68.2 Å². The fraction of sp³-hybridized carbons (Fsp3) is 0.182. The molecule has 98 valence electrons. The number of hydrazine groups is 1. The number of nitriles is 1. The van der Waals surface area contributed by atoms with Gasteiger partial charge in [0.2, 0.25) is 0 Å². The highest BCUT2D eigenvalue weighted by atomic mass is 32.1. The summed E-state index contributed by atoms with van der Waals surface area (Å²) in [5.74, 6) is -2.25. The van der Waals surface area contributed by atoms with Gasteiger partial charge in [0.25, 0.3) is 5.91 Å². The molecule has 19 heavy (non-hydrogen) atoms. The van der Waals surface area contributed by atoms with Crippen molar-refractivity contribution in [1.82, 2.24) is 15.8 Å². The van der Waals surface area contributed by atoms with Gasteiger partial charge in [-0.05, 0) is 24.4 Å². The molecule has 1 saturated heterocycles. The normalized spacial score (nSPS) is 19.1. The molecule has 2 rings (SSSR count). The van der Waals surface area contributed by atoms with E-state index in [0.29, 0.717) is 0 Å². The number of benzene rings is 1. The Bertz CT molecular complexity index is 613. The van der Waals surface area contributed by atoms with Crippen molar-refractivity contribution in [3.63, 3.8) is 0 Å². The Morgan fingerprint density at radius 2 is 2.11 bits per heavy atom. The third-order valence-electron chi connectivity index (χ3n) is 2.72. The summed E-state index contributed by atoms with van der Waals surface area (Å²) < 4.78 is 27.3. The van der Waals surface area contributed by atoms with E-state index < -0.39 is 29.1 Å². The fourth-order valence-electron chi connectivity index (χ4n) is 1.65. The summed E-state index contributed by atoms with van der Waals surface area (Å²) in [5.41, 5.74) is 4.41. The van der Waals surface area contributed by atoms with Gasteiger partial charge in [0.05, 0.1) is 5.56 Å². The SMILES string of the molecule is CN1C(=O)C(c2cc(F)c(C#N)cc2F)NNC1=S. The van der Waals surface area contributed by atoms with Gasteiger partial charge >= 0.3 is 0 Å². The third kappa shape index (κ3) is 2.25. The molecule has 0 bridgehead atoms. The summed E-state index contributed by atoms with van der Waals surface area (Å²) in [5, 5.41) is 8.73. The maximum Gasteiger partial charge on any atom is 0.252 e. The lowest BCUT2D eigenvalue weighted by Gasteiger charge is -2.32. The van der Waals surface area contributed by atoms with Gasteiger partial charge in [-0.1, -0.05) is 0 Å². The minimum Gasteiger partial charge on any atom is -0.297 e. The van der Waals surface area contributed by atoms with Crippen LogP contribution >= 0.6 is 12.2 Å². The summed E-state index contributed by atoms with van der Waals surface area (Å²) >= 11 is 4.83. The van der Waals surface area contributed by atoms with Gasteiger partial charge < -0.3 is 0 Å². The van der Waals surface area contributed by atoms with Gasteiger partial charge in [0.1, 0.15) is 23.7 Å². The first kappa shape index (κ1) is 13.3. The first-order valence-electron chi connectivity index (χ1n) is 5.17. The van der Waals surface area contributed by atoms with Crippen molar-refractivity contribution in [2.75, 3.05) is 7.05 Å². The van der Waals surface area contributed by atoms with Crippen LogP contribution in [0, 0.1) is 23.0 Å². The second-order valence-corrected chi connectivity index (χ2v) is 4.26. The number of amides is 1. The summed E-state index contributed by atoms with van der Waals surface area (Å²) in [6.45, 7) is 0. The minimum atomic E-state index is -1.11. The van der Waals surface area contributed by atoms with E-state index in [1.165, 1.54) is 13.1 Å². The molecule has 1 aromatic carbocycles. The molecular formula is C11H8F2N4OS. The molecule has 1 atom stereocenters. The lowest BCUT2D eigenvalue weighted by molar-refractivity contribution is -0.130. The van der Waals surface area contributed by atoms with Crippen molar-refractivity contribution in [3.8, 4) is 6.07 Å². The average Bonchev–Trinajstić information content (AvgIpc) is 2.39. The van der Waals surface area contributed by atoms with Gasteiger partial charge in [0, 0.05) is 12.6 Å². The highest BCUT2D eigenvalue weighted by molar-refractivity contribution is 7.80. The van der Waals surface area contributed by atoms with Crippen molar-refractivity contribution in [1.29, 1.82) is 5.26 Å². The summed E-state index contributed by atoms with van der Waals surface area (Å²) in [6.07, 6.45) is 0. The second-order valence-electron chi connectivity index (χ2n) is 3.87. The van der Waals surface area contributed by atoms with E-state index in [4.69, 9.17) is 17.5 Å². The van der Waals surface area contributed by atoms with Crippen LogP contribution in [0.4, 0.5) is 8.78 Å². The maximum absolute atomic E-state index is 13.8. The highest BCUT2D eigenvalue weighted by Gasteiger charge is 2.33. The number of halogens is 2. The van der Waals surface area contributed by atoms with Crippen molar-refractivity contribution in [2.45, 2.75) is 6.04 Å². The summed E-state index contributed by atoms with van der Waals surface area (Å²) in [7, 11) is 1.42. The van der Waals surface area contributed by atoms with Gasteiger partial charge in [-0.2, -0.15) is 5.26 Å². The van der Waals surface area contributed by atoms with Crippen molar-refractivity contribution in [2.24, 2.45) is 0 Å². The van der Waals surface area contributed by atoms with Crippen molar-refractivity contribution >= 4 is 23.2 Å². The van der Waals surface area contributed by atoms with Crippen LogP contribution in [0.3, 0.4) is 0 Å². The molecule has 1 aliphatic rings. The van der Waals surface area contributed by atoms with Gasteiger partial charge in [-0.3, -0.25) is 15.1 Å². The summed E-state index contributed by atoms with van der Waals surface area (Å²) in [6, 6.07) is 2.00. The van der Waals surface area contributed by atoms with E-state index in [9.17, 15) is 13.6 Å². The highest BCUT2D eigenvalue weighted by Crippen LogP contribution is 2.23. The number of rotatable bonds is 1. The Balaban J connectivity index is 2.43. The van der Waals surface area contributed by atoms with Crippen molar-refractivity contribution in [3.05, 3.63) is 34.9 Å². The number of carbonyl (C=O) groups is 1. The van der Waals surface area contributed by atoms with Crippen LogP contribution in [0.5, 0.6) is 0 Å². The molecule has 1 fully saturated rings. The largest absolute Gasteiger partial charge is 0.297 e. The number of nitrogens with one attached hydrogen (secondary N) is 2. The monoisotopic (exact) mass is 282 g/mol. The van der Waals surface area contributed by atoms with E-state index in [1.54, 1.807) is 0 Å². The minimum absolute atomic E-state index is 0.135. The Hall–Kier alpha value is -2.11. The van der Waals surface area contributed by atoms with Crippen LogP contribution in [-0.4, -0.2) is 23.0 Å². The molecule has 8 heteroatoms. The number of hydrogen-bond acceptors (Lipinski definition) is 4. The Labute approximate surface area is 112 Å². The predicted octanol–water partition coefficient (Wildman–Crippen LogP) is 0.729. The Kier molecular flexibility index (Phi) is 3.42. The first-order valence-corrected chi connectivity index (χ1v) is 5.58. The van der Waals surface area contributed by atoms with Crippen LogP contribution in [0.1, 0.15) is 17.2 Å². The zero-order valence-electron chi connectivity index (χ0n) is 9.70. The van der Waals surface area contributed by atoms with Crippen LogP contribution in [-0.2, 0) is 4.79 Å². The van der Waals surface area contributed by atoms with E-state index in [-0.39, 0.29) is 10.7 Å². The molecule has 0 radical (unpaired) electrons. The lowest BCUT2D eigenvalue weighted by Crippen LogP contribution is -2.58. The Morgan fingerprint density at radius 3 is 2.74 bits per heavy atom. The molecule has 0 aromatic heterocycles. The third-order valence-corrected chi connectivity index (χ3v) is 3.10. The quantitative estimate of drug-likeness (QED) is 0.743. The van der Waals surface area contributed by atoms with Crippen LogP contribution in [0.15, 0.2) is 12.1 Å². The molecule has 0 aliphatic carbocycles. The number of thiocarbonyl (C=S) groups is 1. The fourth-order valence-corrected chi connectivity index (χ4v) is 1.80. The predicted molar refractivity (Wildman–Crippen MR) is 65.5 cm³/mol. The van der Waals surface area contributed by atoms with Gasteiger partial charge in [-0.15, -0.1) is 0 Å². The van der Waals surface area contributed by atoms with Crippen LogP contribution in [0.25, 0.3) is 0 Å². The lowest BCUT2D eigenvalue weighted by atomic mass is 10.0. The van der Waals surface area contributed by atoms with E-state index >= 15 is 0 Å². The molecule has 2 N–H and O–H groups in total. The molecule has 1 heterocycles. The molecule has 0 spiro atoms. The van der Waals surface area contributed by atoms with E-state index in [0.717, 1.165) is 17.0 Å². The van der Waals surface area contributed by atoms with Crippen LogP contribution in [0.2, 0.25) is 0 Å². The smallest absolute Gasteiger partial charge is 0.252 e. The zero-order valence-corrected chi connectivity index (χ0v) is 10.5. The molecule has 1 aliphatic heterocycles. The molecule has 1 amide bonds. The zero-order chi connectivity index (χ0) is 14.2. The molecule has 5 nitrogen and oxygen atoms in total. The second kappa shape index (κ2) is 4.87. The summed E-state index contributed by atoms with van der Waals surface area (Å²) in [4.78, 5) is 13.1. The van der Waals surface area contributed by atoms with Crippen LogP contribution < -0.4 is 10.9 Å². The molecule has 0 saturated carbocycles. The first-order chi connectivity index (χ1) is 8.95. The number of carbonyl (C=O) groups excluding carboxylic acids is 1. The number of nitrogens with zero attached hydrogens (tertiary/aromatic N) is 2. The standard InChI is InChI=1S/C11H8F2N4OS/c1-17-10(18)9(15-16-11(17)19)6-3-7(12)5(4-14)2-8(6)13/h2-3,9,15H,1H3,(H,16,19). The Morgan fingerprint density at radius 1 is 1.42 bits per heavy atom. The molecular weight excluding hydrogens is 274 g/mol.